The van der Waals surface area contributed by atoms with Gasteiger partial charge in [-0.25, -0.2) is 0 Å². The fourth-order valence-corrected chi connectivity index (χ4v) is 14.8. The van der Waals surface area contributed by atoms with Gasteiger partial charge in [0, 0.05) is 47.0 Å². The Labute approximate surface area is 439 Å². The molecule has 10 rings (SSSR count). The third-order valence-corrected chi connectivity index (χ3v) is 18.2. The van der Waals surface area contributed by atoms with Gasteiger partial charge in [0.2, 0.25) is 0 Å². The number of fused-ring (bicyclic) bond motifs is 2. The molecule has 0 unspecified atom stereocenters. The van der Waals surface area contributed by atoms with Gasteiger partial charge in [-0.3, -0.25) is 39.2 Å². The Kier molecular flexibility index (Phi) is 13.6. The smallest absolute Gasteiger partial charge is 0.269 e. The number of nitro groups is 2. The van der Waals surface area contributed by atoms with Crippen LogP contribution >= 0.6 is 95.1 Å². The first-order chi connectivity index (χ1) is 33.9. The van der Waals surface area contributed by atoms with E-state index in [1.54, 1.807) is 38.5 Å². The zero-order valence-corrected chi connectivity index (χ0v) is 43.4. The first-order valence-corrected chi connectivity index (χ1v) is 26.4. The van der Waals surface area contributed by atoms with Gasteiger partial charge in [0.05, 0.1) is 44.3 Å². The molecule has 0 radical (unpaired) electrons. The van der Waals surface area contributed by atoms with Crippen molar-refractivity contribution < 1.29 is 19.3 Å². The van der Waals surface area contributed by atoms with Crippen molar-refractivity contribution in [3.05, 3.63) is 206 Å². The summed E-state index contributed by atoms with van der Waals surface area (Å²) in [5.74, 6) is 3.11. The maximum atomic E-state index is 11.5. The van der Waals surface area contributed by atoms with Crippen LogP contribution in [0.3, 0.4) is 0 Å². The zero-order valence-electron chi connectivity index (χ0n) is 36.8. The molecule has 2 aliphatic rings. The second-order valence-corrected chi connectivity index (χ2v) is 22.7. The molecule has 2 atom stereocenters. The first kappa shape index (κ1) is 47.6. The number of hydrogen-bond donors (Lipinski definition) is 0. The summed E-state index contributed by atoms with van der Waals surface area (Å²) >= 11 is 30.5. The molecule has 0 N–H and O–H groups in total. The normalized spacial score (nSPS) is 15.3. The predicted molar refractivity (Wildman–Crippen MR) is 297 cm³/mol. The van der Waals surface area contributed by atoms with E-state index in [-0.39, 0.29) is 21.9 Å². The van der Waals surface area contributed by atoms with E-state index in [0.29, 0.717) is 16.5 Å². The summed E-state index contributed by atoms with van der Waals surface area (Å²) in [6, 6.07) is 45.6. The van der Waals surface area contributed by atoms with Crippen LogP contribution in [0.4, 0.5) is 34.4 Å². The topological polar surface area (TPSA) is 121 Å². The summed E-state index contributed by atoms with van der Waals surface area (Å²) < 4.78 is 17.6. The van der Waals surface area contributed by atoms with Crippen LogP contribution < -0.4 is 19.3 Å². The summed E-state index contributed by atoms with van der Waals surface area (Å²) in [6.07, 6.45) is 1.57. The molecule has 0 spiro atoms. The van der Waals surface area contributed by atoms with Crippen molar-refractivity contribution in [1.29, 1.82) is 0 Å². The van der Waals surface area contributed by atoms with Crippen LogP contribution in [0.15, 0.2) is 146 Å². The van der Waals surface area contributed by atoms with E-state index in [9.17, 15) is 20.2 Å². The number of thiazole rings is 2. The zero-order chi connectivity index (χ0) is 48.8. The van der Waals surface area contributed by atoms with Crippen molar-refractivity contribution in [3.63, 3.8) is 0 Å². The molecule has 0 saturated carbocycles. The highest BCUT2D eigenvalue weighted by atomic mass is 32.2. The minimum atomic E-state index is -0.398. The highest BCUT2D eigenvalue weighted by molar-refractivity contribution is 8.24. The number of aryl methyl sites for hydroxylation is 2. The number of aromatic nitrogens is 2. The molecule has 6 aromatic carbocycles. The summed E-state index contributed by atoms with van der Waals surface area (Å²) in [7, 11) is 3.26. The number of rotatable bonds is 13. The molecule has 0 fully saturated rings. The standard InChI is InChI=1S/C50H36N6O6S8/c1-61-39-25-21-35(22-26-39)53-45-43(41(67-47(53)63)31-9-17-37(18-10-31)55(57)58)69-49(65)51(45)33-13-5-29(6-14-33)3-4-30-7-15-34(16-8-30)52-46-44(70-50(52)66)42(32-11-19-38(20-12-32)56(59)60)68-48(64)54(46)36-23-27-40(62-2)28-24-36/h5-28,41-42H,3-4H2,1-2H3/t41-,42-/m1/s1. The number of nitrogens with zero attached hydrogens (tertiary/aromatic N) is 6. The summed E-state index contributed by atoms with van der Waals surface area (Å²) in [6.45, 7) is 0. The van der Waals surface area contributed by atoms with Crippen molar-refractivity contribution >= 4 is 138 Å². The lowest BCUT2D eigenvalue weighted by molar-refractivity contribution is -0.385. The molecule has 350 valence electrons. The number of ether oxygens (including phenoxy) is 2. The molecule has 20 heteroatoms. The number of benzene rings is 6. The van der Waals surface area contributed by atoms with Crippen molar-refractivity contribution in [1.82, 2.24) is 9.13 Å². The lowest BCUT2D eigenvalue weighted by Gasteiger charge is -2.34. The van der Waals surface area contributed by atoms with E-state index in [1.807, 2.05) is 58.3 Å². The van der Waals surface area contributed by atoms with Gasteiger partial charge in [0.1, 0.15) is 31.8 Å². The molecule has 0 bridgehead atoms. The molecular formula is C50H36N6O6S8. The highest BCUT2D eigenvalue weighted by Gasteiger charge is 2.38. The monoisotopic (exact) mass is 1070 g/mol. The van der Waals surface area contributed by atoms with Gasteiger partial charge in [-0.05, 0) is 132 Å². The average Bonchev–Trinajstić information content (AvgIpc) is 3.91. The lowest BCUT2D eigenvalue weighted by Crippen LogP contribution is -2.29. The van der Waals surface area contributed by atoms with Crippen molar-refractivity contribution in [2.24, 2.45) is 0 Å². The SMILES string of the molecule is COc1ccc(N2C(=S)S[C@H](c3ccc([N+](=O)[O-])cc3)c3sc(=S)n(-c4ccc(CCc5ccc(-n6c7c(sc6=S)[C@@H](c6ccc([N+](=O)[O-])cc6)SC(=S)N7c6ccc(OC)cc6)cc5)cc4)c32)cc1. The number of thiocarbonyl (C=S) groups is 2. The van der Waals surface area contributed by atoms with Crippen LogP contribution in [0.2, 0.25) is 0 Å². The first-order valence-electron chi connectivity index (χ1n) is 21.4. The number of thioether (sulfide) groups is 2. The van der Waals surface area contributed by atoms with Gasteiger partial charge < -0.3 is 9.47 Å². The molecule has 12 nitrogen and oxygen atoms in total. The molecule has 0 amide bonds. The third kappa shape index (κ3) is 9.09. The summed E-state index contributed by atoms with van der Waals surface area (Å²) in [5.41, 5.74) is 7.63. The molecule has 2 aliphatic heterocycles. The van der Waals surface area contributed by atoms with Gasteiger partial charge in [-0.15, -0.1) is 22.7 Å². The van der Waals surface area contributed by atoms with Gasteiger partial charge in [-0.2, -0.15) is 0 Å². The molecule has 70 heavy (non-hydrogen) atoms. The van der Waals surface area contributed by atoms with E-state index in [4.69, 9.17) is 58.3 Å². The number of anilines is 4. The van der Waals surface area contributed by atoms with E-state index in [1.165, 1.54) is 70.5 Å². The Morgan fingerprint density at radius 1 is 0.486 bits per heavy atom. The van der Waals surface area contributed by atoms with Crippen LogP contribution in [-0.2, 0) is 12.8 Å². The molecule has 4 heterocycles. The fourth-order valence-electron chi connectivity index (χ4n) is 8.38. The Morgan fingerprint density at radius 2 is 0.814 bits per heavy atom. The maximum absolute atomic E-state index is 11.5. The molecular weight excluding hydrogens is 1040 g/mol. The molecule has 2 aromatic heterocycles. The number of hydrogen-bond acceptors (Lipinski definition) is 14. The highest BCUT2D eigenvalue weighted by Crippen LogP contribution is 2.55. The Bertz CT molecular complexity index is 3220. The minimum Gasteiger partial charge on any atom is -0.497 e. The van der Waals surface area contributed by atoms with E-state index < -0.39 is 9.85 Å². The second-order valence-electron chi connectivity index (χ2n) is 15.9. The molecule has 0 saturated heterocycles. The quantitative estimate of drug-likeness (QED) is 0.0618. The minimum absolute atomic E-state index is 0.0245. The number of non-ortho nitro benzene ring substituents is 2. The Morgan fingerprint density at radius 3 is 1.13 bits per heavy atom. The Balaban J connectivity index is 0.931. The lowest BCUT2D eigenvalue weighted by atomic mass is 10.0. The van der Waals surface area contributed by atoms with Gasteiger partial charge >= 0.3 is 0 Å². The maximum Gasteiger partial charge on any atom is 0.269 e. The summed E-state index contributed by atoms with van der Waals surface area (Å²) in [4.78, 5) is 28.2. The Hall–Kier alpha value is -6.10. The predicted octanol–water partition coefficient (Wildman–Crippen LogP) is 15.0. The number of methoxy groups -OCH3 is 2. The van der Waals surface area contributed by atoms with Gasteiger partial charge in [-0.1, -0.05) is 96.5 Å². The van der Waals surface area contributed by atoms with E-state index in [0.717, 1.165) is 90.7 Å². The van der Waals surface area contributed by atoms with Gasteiger partial charge in [0.25, 0.3) is 11.4 Å². The van der Waals surface area contributed by atoms with Crippen molar-refractivity contribution in [2.45, 2.75) is 23.3 Å². The van der Waals surface area contributed by atoms with Crippen molar-refractivity contribution in [2.75, 3.05) is 24.0 Å². The largest absolute Gasteiger partial charge is 0.497 e. The summed E-state index contributed by atoms with van der Waals surface area (Å²) in [5, 5.41) is 22.5. The van der Waals surface area contributed by atoms with Crippen LogP contribution in [-0.4, -0.2) is 41.8 Å². The average molecular weight is 1070 g/mol. The van der Waals surface area contributed by atoms with E-state index in [2.05, 4.69) is 57.7 Å². The van der Waals surface area contributed by atoms with Crippen LogP contribution in [0.25, 0.3) is 11.4 Å². The van der Waals surface area contributed by atoms with Crippen LogP contribution in [0, 0.1) is 28.1 Å². The second kappa shape index (κ2) is 20.0. The van der Waals surface area contributed by atoms with Crippen molar-refractivity contribution in [3.8, 4) is 22.9 Å². The van der Waals surface area contributed by atoms with Gasteiger partial charge in [0.15, 0.2) is 7.91 Å². The third-order valence-electron chi connectivity index (χ3n) is 11.9. The fraction of sp³-hybridized carbons (Fsp3) is 0.120. The molecule has 0 aliphatic carbocycles. The molecule has 8 aromatic rings. The van der Waals surface area contributed by atoms with Crippen LogP contribution in [0.1, 0.15) is 42.5 Å². The number of nitro benzene ring substituents is 2. The van der Waals surface area contributed by atoms with E-state index >= 15 is 0 Å². The van der Waals surface area contributed by atoms with Crippen LogP contribution in [0.5, 0.6) is 11.5 Å².